The fraction of sp³-hybridized carbons (Fsp3) is 0.250. The molecular weight excluding hydrogens is 238 g/mol. The second-order valence-electron chi connectivity index (χ2n) is 4.73. The molecule has 0 saturated heterocycles. The van der Waals surface area contributed by atoms with E-state index >= 15 is 0 Å². The number of nitrogens with zero attached hydrogens (tertiary/aromatic N) is 1. The first-order valence-electron chi connectivity index (χ1n) is 6.31. The van der Waals surface area contributed by atoms with Crippen LogP contribution in [0.2, 0.25) is 0 Å². The van der Waals surface area contributed by atoms with Crippen LogP contribution in [0.1, 0.15) is 42.6 Å². The van der Waals surface area contributed by atoms with Crippen molar-refractivity contribution in [1.82, 2.24) is 4.98 Å². The largest absolute Gasteiger partial charge is 0.439 e. The Morgan fingerprint density at radius 3 is 2.63 bits per heavy atom. The predicted octanol–water partition coefficient (Wildman–Crippen LogP) is 4.20. The van der Waals surface area contributed by atoms with Crippen LogP contribution in [-0.2, 0) is 0 Å². The number of carbonyl (C=O) groups excluding carboxylic acids is 1. The Bertz CT molecular complexity index is 591. The third kappa shape index (κ3) is 3.19. The van der Waals surface area contributed by atoms with Crippen molar-refractivity contribution in [2.45, 2.75) is 26.7 Å². The maximum absolute atomic E-state index is 11.3. The molecule has 0 N–H and O–H groups in total. The summed E-state index contributed by atoms with van der Waals surface area (Å²) >= 11 is 0. The predicted molar refractivity (Wildman–Crippen MR) is 74.8 cm³/mol. The average molecular weight is 255 g/mol. The second kappa shape index (κ2) is 5.65. The van der Waals surface area contributed by atoms with Crippen molar-refractivity contribution < 1.29 is 9.53 Å². The minimum Gasteiger partial charge on any atom is -0.439 e. The van der Waals surface area contributed by atoms with Gasteiger partial charge in [-0.05, 0) is 30.5 Å². The van der Waals surface area contributed by atoms with Crippen LogP contribution in [0.5, 0.6) is 11.6 Å². The number of Topliss-reactive ketones (excluding diaryl/α,β-unsaturated/α-hetero) is 1. The number of ketones is 1. The van der Waals surface area contributed by atoms with E-state index in [-0.39, 0.29) is 5.78 Å². The Morgan fingerprint density at radius 1 is 1.21 bits per heavy atom. The van der Waals surface area contributed by atoms with E-state index in [1.54, 1.807) is 18.3 Å². The fourth-order valence-electron chi connectivity index (χ4n) is 1.85. The number of aromatic nitrogens is 1. The topological polar surface area (TPSA) is 39.2 Å². The number of pyridine rings is 1. The van der Waals surface area contributed by atoms with Gasteiger partial charge in [0.1, 0.15) is 5.75 Å². The van der Waals surface area contributed by atoms with Gasteiger partial charge in [-0.3, -0.25) is 4.79 Å². The highest BCUT2D eigenvalue weighted by molar-refractivity contribution is 5.94. The van der Waals surface area contributed by atoms with Crippen LogP contribution in [0.4, 0.5) is 0 Å². The van der Waals surface area contributed by atoms with E-state index in [0.717, 1.165) is 11.3 Å². The van der Waals surface area contributed by atoms with Gasteiger partial charge in [-0.25, -0.2) is 4.98 Å². The summed E-state index contributed by atoms with van der Waals surface area (Å²) < 4.78 is 5.80. The number of hydrogen-bond donors (Lipinski definition) is 0. The first-order chi connectivity index (χ1) is 9.08. The van der Waals surface area contributed by atoms with Crippen LogP contribution in [-0.4, -0.2) is 10.8 Å². The maximum atomic E-state index is 11.3. The Morgan fingerprint density at radius 2 is 1.95 bits per heavy atom. The maximum Gasteiger partial charge on any atom is 0.219 e. The molecule has 0 fully saturated rings. The third-order valence-electron chi connectivity index (χ3n) is 2.90. The van der Waals surface area contributed by atoms with E-state index in [9.17, 15) is 4.79 Å². The van der Waals surface area contributed by atoms with Crippen LogP contribution in [0, 0.1) is 0 Å². The molecule has 0 bridgehead atoms. The molecule has 3 nitrogen and oxygen atoms in total. The average Bonchev–Trinajstić information content (AvgIpc) is 2.39. The SMILES string of the molecule is CC(=O)c1ccnc(Oc2ccccc2C(C)C)c1. The second-order valence-corrected chi connectivity index (χ2v) is 4.73. The highest BCUT2D eigenvalue weighted by Crippen LogP contribution is 2.29. The smallest absolute Gasteiger partial charge is 0.219 e. The number of benzene rings is 1. The van der Waals surface area contributed by atoms with Gasteiger partial charge < -0.3 is 4.74 Å². The Labute approximate surface area is 113 Å². The monoisotopic (exact) mass is 255 g/mol. The molecule has 0 aliphatic rings. The van der Waals surface area contributed by atoms with Gasteiger partial charge in [0.15, 0.2) is 5.78 Å². The van der Waals surface area contributed by atoms with E-state index in [4.69, 9.17) is 4.74 Å². The Balaban J connectivity index is 2.31. The van der Waals surface area contributed by atoms with Crippen molar-refractivity contribution in [2.24, 2.45) is 0 Å². The molecule has 3 heteroatoms. The number of carbonyl (C=O) groups is 1. The molecule has 0 radical (unpaired) electrons. The van der Waals surface area contributed by atoms with E-state index in [1.807, 2.05) is 24.3 Å². The molecule has 0 unspecified atom stereocenters. The summed E-state index contributed by atoms with van der Waals surface area (Å²) in [4.78, 5) is 15.5. The lowest BCUT2D eigenvalue weighted by Crippen LogP contribution is -1.97. The van der Waals surface area contributed by atoms with Gasteiger partial charge in [0, 0.05) is 17.8 Å². The number of para-hydroxylation sites is 1. The van der Waals surface area contributed by atoms with Crippen LogP contribution in [0.3, 0.4) is 0 Å². The zero-order valence-electron chi connectivity index (χ0n) is 11.4. The minimum atomic E-state index is 0.00407. The Kier molecular flexibility index (Phi) is 3.95. The van der Waals surface area contributed by atoms with Crippen molar-refractivity contribution in [3.05, 3.63) is 53.7 Å². The van der Waals surface area contributed by atoms with Gasteiger partial charge in [0.2, 0.25) is 5.88 Å². The van der Waals surface area contributed by atoms with Crippen LogP contribution in [0.15, 0.2) is 42.6 Å². The van der Waals surface area contributed by atoms with Crippen molar-refractivity contribution in [2.75, 3.05) is 0 Å². The molecule has 1 aromatic carbocycles. The molecule has 0 amide bonds. The standard InChI is InChI=1S/C16H17NO2/c1-11(2)14-6-4-5-7-15(14)19-16-10-13(12(3)18)8-9-17-16/h4-11H,1-3H3. The molecule has 1 heterocycles. The molecule has 0 atom stereocenters. The van der Waals surface area contributed by atoms with Gasteiger partial charge in [0.25, 0.3) is 0 Å². The summed E-state index contributed by atoms with van der Waals surface area (Å²) in [7, 11) is 0. The van der Waals surface area contributed by atoms with Crippen molar-refractivity contribution in [3.8, 4) is 11.6 Å². The van der Waals surface area contributed by atoms with E-state index in [2.05, 4.69) is 18.8 Å². The highest BCUT2D eigenvalue weighted by atomic mass is 16.5. The lowest BCUT2D eigenvalue weighted by atomic mass is 10.0. The van der Waals surface area contributed by atoms with Crippen molar-refractivity contribution >= 4 is 5.78 Å². The molecular formula is C16H17NO2. The summed E-state index contributed by atoms with van der Waals surface area (Å²) in [5, 5.41) is 0. The normalized spacial score (nSPS) is 10.5. The number of hydrogen-bond acceptors (Lipinski definition) is 3. The van der Waals surface area contributed by atoms with E-state index in [0.29, 0.717) is 17.4 Å². The lowest BCUT2D eigenvalue weighted by molar-refractivity contribution is 0.101. The molecule has 2 rings (SSSR count). The summed E-state index contributed by atoms with van der Waals surface area (Å²) in [5.74, 6) is 1.60. The van der Waals surface area contributed by atoms with Crippen molar-refractivity contribution in [3.63, 3.8) is 0 Å². The summed E-state index contributed by atoms with van der Waals surface area (Å²) in [6.07, 6.45) is 1.59. The lowest BCUT2D eigenvalue weighted by Gasteiger charge is -2.13. The molecule has 19 heavy (non-hydrogen) atoms. The molecule has 0 spiro atoms. The highest BCUT2D eigenvalue weighted by Gasteiger charge is 2.09. The van der Waals surface area contributed by atoms with E-state index in [1.165, 1.54) is 6.92 Å². The molecule has 2 aromatic rings. The molecule has 0 aliphatic carbocycles. The molecule has 98 valence electrons. The number of rotatable bonds is 4. The molecule has 0 aliphatic heterocycles. The van der Waals surface area contributed by atoms with Crippen molar-refractivity contribution in [1.29, 1.82) is 0 Å². The van der Waals surface area contributed by atoms with E-state index < -0.39 is 0 Å². The fourth-order valence-corrected chi connectivity index (χ4v) is 1.85. The first-order valence-corrected chi connectivity index (χ1v) is 6.31. The quantitative estimate of drug-likeness (QED) is 0.768. The Hall–Kier alpha value is -2.16. The van der Waals surface area contributed by atoms with Gasteiger partial charge >= 0.3 is 0 Å². The molecule has 0 saturated carbocycles. The van der Waals surface area contributed by atoms with Gasteiger partial charge in [-0.15, -0.1) is 0 Å². The summed E-state index contributed by atoms with van der Waals surface area (Å²) in [5.41, 5.74) is 1.73. The summed E-state index contributed by atoms with van der Waals surface area (Å²) in [6.45, 7) is 5.75. The van der Waals surface area contributed by atoms with Crippen LogP contribution >= 0.6 is 0 Å². The van der Waals surface area contributed by atoms with Gasteiger partial charge in [-0.2, -0.15) is 0 Å². The zero-order valence-corrected chi connectivity index (χ0v) is 11.4. The van der Waals surface area contributed by atoms with Crippen LogP contribution < -0.4 is 4.74 Å². The summed E-state index contributed by atoms with van der Waals surface area (Å²) in [6, 6.07) is 11.2. The minimum absolute atomic E-state index is 0.00407. The van der Waals surface area contributed by atoms with Crippen LogP contribution in [0.25, 0.3) is 0 Å². The first kappa shape index (κ1) is 13.3. The third-order valence-corrected chi connectivity index (χ3v) is 2.90. The van der Waals surface area contributed by atoms with Gasteiger partial charge in [-0.1, -0.05) is 32.0 Å². The zero-order chi connectivity index (χ0) is 13.8. The molecule has 1 aromatic heterocycles. The van der Waals surface area contributed by atoms with Gasteiger partial charge in [0.05, 0.1) is 0 Å². The number of ether oxygens (including phenoxy) is 1.